The van der Waals surface area contributed by atoms with Crippen LogP contribution < -0.4 is 0 Å². The molecule has 0 saturated carbocycles. The Hall–Kier alpha value is -0.900. The molecule has 0 aliphatic heterocycles. The fraction of sp³-hybridized carbons (Fsp3) is 0.455. The molecule has 3 nitrogen and oxygen atoms in total. The van der Waals surface area contributed by atoms with E-state index in [1.54, 1.807) is 0 Å². The second-order valence-electron chi connectivity index (χ2n) is 2.23. The summed E-state index contributed by atoms with van der Waals surface area (Å²) in [4.78, 5) is 0. The van der Waals surface area contributed by atoms with Crippen molar-refractivity contribution >= 4 is 0 Å². The summed E-state index contributed by atoms with van der Waals surface area (Å²) >= 11 is 0. The number of hydrogen-bond donors (Lipinski definition) is 2. The minimum Gasteiger partial charge on any atom is -0.412 e. The molecule has 1 aromatic rings. The fourth-order valence-corrected chi connectivity index (χ4v) is 0.543. The van der Waals surface area contributed by atoms with Gasteiger partial charge in [-0.15, -0.1) is 0 Å². The molecule has 0 spiro atoms. The number of benzene rings is 1. The molecule has 1 aromatic carbocycles. The van der Waals surface area contributed by atoms with E-state index >= 15 is 0 Å². The van der Waals surface area contributed by atoms with Gasteiger partial charge in [-0.25, -0.2) is 0 Å². The maximum Gasteiger partial charge on any atom is 0.0430 e. The monoisotopic (exact) mass is 202 g/mol. The van der Waals surface area contributed by atoms with Gasteiger partial charge in [0, 0.05) is 13.7 Å². The first kappa shape index (κ1) is 18.8. The van der Waals surface area contributed by atoms with Gasteiger partial charge < -0.3 is 15.7 Å². The molecular formula is C11H22O3. The van der Waals surface area contributed by atoms with Crippen molar-refractivity contribution in [2.24, 2.45) is 0 Å². The van der Waals surface area contributed by atoms with Crippen LogP contribution in [0.1, 0.15) is 19.8 Å². The Morgan fingerprint density at radius 2 is 1.14 bits per heavy atom. The number of unbranched alkanes of at least 4 members (excludes halogenated alkanes) is 1. The Morgan fingerprint density at radius 1 is 0.857 bits per heavy atom. The third-order valence-electron chi connectivity index (χ3n) is 1.18. The molecule has 0 aromatic heterocycles. The van der Waals surface area contributed by atoms with Crippen molar-refractivity contribution in [3.63, 3.8) is 0 Å². The molecule has 4 N–H and O–H groups in total. The minimum atomic E-state index is 0. The average Bonchev–Trinajstić information content (AvgIpc) is 2.25. The van der Waals surface area contributed by atoms with Crippen LogP contribution in [-0.2, 0) is 0 Å². The molecule has 84 valence electrons. The van der Waals surface area contributed by atoms with Gasteiger partial charge in [-0.3, -0.25) is 0 Å². The van der Waals surface area contributed by atoms with E-state index in [-0.39, 0.29) is 5.48 Å². The highest BCUT2D eigenvalue weighted by atomic mass is 16.3. The number of aliphatic hydroxyl groups excluding tert-OH is 2. The first-order chi connectivity index (χ1) is 6.41. The van der Waals surface area contributed by atoms with Crippen LogP contribution in [0.2, 0.25) is 0 Å². The summed E-state index contributed by atoms with van der Waals surface area (Å²) in [7, 11) is 1.00. The van der Waals surface area contributed by atoms with Gasteiger partial charge in [0.2, 0.25) is 0 Å². The van der Waals surface area contributed by atoms with Crippen LogP contribution in [0.3, 0.4) is 0 Å². The lowest BCUT2D eigenvalue weighted by atomic mass is 10.4. The molecule has 3 heteroatoms. The molecule has 0 aliphatic carbocycles. The second kappa shape index (κ2) is 22.7. The van der Waals surface area contributed by atoms with Crippen molar-refractivity contribution in [3.05, 3.63) is 36.4 Å². The molecule has 0 atom stereocenters. The molecule has 0 saturated heterocycles. The summed E-state index contributed by atoms with van der Waals surface area (Å²) in [5.41, 5.74) is 0. The predicted octanol–water partition coefficient (Wildman–Crippen LogP) is 1.25. The standard InChI is InChI=1S/C6H6.C4H10O.CH4O.H2O/c1-2-4-6-5-3-1;1-2-3-4-5;1-2;/h1-6H;5H,2-4H2,1H3;2H,1H3;1H2. The Labute approximate surface area is 86.3 Å². The number of hydrogen-bond acceptors (Lipinski definition) is 2. The fourth-order valence-electron chi connectivity index (χ4n) is 0.543. The molecular weight excluding hydrogens is 180 g/mol. The molecule has 0 aliphatic rings. The summed E-state index contributed by atoms with van der Waals surface area (Å²) in [6.45, 7) is 2.40. The topological polar surface area (TPSA) is 72.0 Å². The Balaban J connectivity index is -0.000000141. The number of aliphatic hydroxyl groups is 2. The third kappa shape index (κ3) is 22.5. The highest BCUT2D eigenvalue weighted by molar-refractivity contribution is 4.99. The maximum atomic E-state index is 8.07. The lowest BCUT2D eigenvalue weighted by molar-refractivity contribution is 0.287. The van der Waals surface area contributed by atoms with E-state index in [2.05, 4.69) is 6.92 Å². The predicted molar refractivity (Wildman–Crippen MR) is 60.2 cm³/mol. The zero-order chi connectivity index (χ0) is 10.4. The van der Waals surface area contributed by atoms with Crippen molar-refractivity contribution in [3.8, 4) is 0 Å². The van der Waals surface area contributed by atoms with Crippen LogP contribution in [0.4, 0.5) is 0 Å². The van der Waals surface area contributed by atoms with Crippen LogP contribution in [0.25, 0.3) is 0 Å². The van der Waals surface area contributed by atoms with Crippen molar-refractivity contribution in [1.82, 2.24) is 0 Å². The van der Waals surface area contributed by atoms with Crippen molar-refractivity contribution < 1.29 is 15.7 Å². The maximum absolute atomic E-state index is 8.07. The Kier molecular flexibility index (Phi) is 30.5. The van der Waals surface area contributed by atoms with Gasteiger partial charge in [-0.1, -0.05) is 49.7 Å². The van der Waals surface area contributed by atoms with E-state index < -0.39 is 0 Å². The summed E-state index contributed by atoms with van der Waals surface area (Å²) in [6, 6.07) is 12.0. The highest BCUT2D eigenvalue weighted by Crippen LogP contribution is 1.80. The van der Waals surface area contributed by atoms with E-state index in [0.29, 0.717) is 6.61 Å². The van der Waals surface area contributed by atoms with E-state index in [0.717, 1.165) is 20.0 Å². The molecule has 0 bridgehead atoms. The average molecular weight is 202 g/mol. The van der Waals surface area contributed by atoms with Gasteiger partial charge in [0.15, 0.2) is 0 Å². The Morgan fingerprint density at radius 3 is 1.21 bits per heavy atom. The van der Waals surface area contributed by atoms with Gasteiger partial charge in [-0.2, -0.15) is 0 Å². The first-order valence-corrected chi connectivity index (χ1v) is 4.47. The molecule has 0 heterocycles. The van der Waals surface area contributed by atoms with Crippen LogP contribution in [0.15, 0.2) is 36.4 Å². The van der Waals surface area contributed by atoms with Gasteiger partial charge in [0.05, 0.1) is 0 Å². The largest absolute Gasteiger partial charge is 0.412 e. The van der Waals surface area contributed by atoms with E-state index in [1.165, 1.54) is 0 Å². The third-order valence-corrected chi connectivity index (χ3v) is 1.18. The van der Waals surface area contributed by atoms with Gasteiger partial charge in [-0.05, 0) is 6.42 Å². The van der Waals surface area contributed by atoms with E-state index in [1.807, 2.05) is 36.4 Å². The van der Waals surface area contributed by atoms with Crippen LogP contribution in [0.5, 0.6) is 0 Å². The van der Waals surface area contributed by atoms with Crippen LogP contribution >= 0.6 is 0 Å². The number of rotatable bonds is 2. The minimum absolute atomic E-state index is 0. The quantitative estimate of drug-likeness (QED) is 0.757. The summed E-state index contributed by atoms with van der Waals surface area (Å²) in [5.74, 6) is 0. The molecule has 0 unspecified atom stereocenters. The van der Waals surface area contributed by atoms with E-state index in [9.17, 15) is 0 Å². The van der Waals surface area contributed by atoms with Crippen molar-refractivity contribution in [2.75, 3.05) is 13.7 Å². The zero-order valence-electron chi connectivity index (χ0n) is 8.98. The highest BCUT2D eigenvalue weighted by Gasteiger charge is 1.69. The molecule has 0 radical (unpaired) electrons. The smallest absolute Gasteiger partial charge is 0.0430 e. The van der Waals surface area contributed by atoms with Crippen LogP contribution in [0, 0.1) is 0 Å². The van der Waals surface area contributed by atoms with Gasteiger partial charge in [0.25, 0.3) is 0 Å². The molecule has 0 fully saturated rings. The first-order valence-electron chi connectivity index (χ1n) is 4.47. The van der Waals surface area contributed by atoms with E-state index in [4.69, 9.17) is 10.2 Å². The lowest BCUT2D eigenvalue weighted by Gasteiger charge is -1.79. The van der Waals surface area contributed by atoms with Crippen LogP contribution in [-0.4, -0.2) is 29.4 Å². The summed E-state index contributed by atoms with van der Waals surface area (Å²) < 4.78 is 0. The lowest BCUT2D eigenvalue weighted by Crippen LogP contribution is -1.75. The molecule has 0 amide bonds. The van der Waals surface area contributed by atoms with Gasteiger partial charge >= 0.3 is 0 Å². The van der Waals surface area contributed by atoms with Crippen molar-refractivity contribution in [1.29, 1.82) is 0 Å². The molecule has 1 rings (SSSR count). The summed E-state index contributed by atoms with van der Waals surface area (Å²) in [6.07, 6.45) is 2.04. The Bertz CT molecular complexity index is 114. The summed E-state index contributed by atoms with van der Waals surface area (Å²) in [5, 5.41) is 15.1. The normalized spacial score (nSPS) is 6.86. The van der Waals surface area contributed by atoms with Gasteiger partial charge in [0.1, 0.15) is 0 Å². The SMILES string of the molecule is CCCCO.CO.O.c1ccccc1. The zero-order valence-corrected chi connectivity index (χ0v) is 8.98. The van der Waals surface area contributed by atoms with Crippen molar-refractivity contribution in [2.45, 2.75) is 19.8 Å². The molecule has 14 heavy (non-hydrogen) atoms. The second-order valence-corrected chi connectivity index (χ2v) is 2.23.